The Kier molecular flexibility index (Phi) is 10.6. The van der Waals surface area contributed by atoms with E-state index in [0.29, 0.717) is 31.1 Å². The first-order valence-electron chi connectivity index (χ1n) is 18.1. The van der Waals surface area contributed by atoms with Gasteiger partial charge in [0.1, 0.15) is 12.1 Å². The quantitative estimate of drug-likeness (QED) is 0.237. The zero-order valence-corrected chi connectivity index (χ0v) is 30.4. The maximum atomic E-state index is 13.6. The zero-order valence-electron chi connectivity index (χ0n) is 30.4. The molecule has 4 atom stereocenters. The van der Waals surface area contributed by atoms with Crippen molar-refractivity contribution in [3.05, 3.63) is 54.2 Å². The summed E-state index contributed by atoms with van der Waals surface area (Å²) in [6.45, 7) is 11.1. The van der Waals surface area contributed by atoms with Gasteiger partial charge in [-0.1, -0.05) is 65.0 Å². The van der Waals surface area contributed by atoms with Crippen LogP contribution in [0.2, 0.25) is 0 Å². The third kappa shape index (κ3) is 7.41. The summed E-state index contributed by atoms with van der Waals surface area (Å²) in [7, 11) is 1.25. The van der Waals surface area contributed by atoms with Gasteiger partial charge in [-0.15, -0.1) is 0 Å². The topological polar surface area (TPSA) is 149 Å². The third-order valence-corrected chi connectivity index (χ3v) is 10.7. The third-order valence-electron chi connectivity index (χ3n) is 10.7. The number of aromatic amines is 1. The smallest absolute Gasteiger partial charge is 0.407 e. The lowest BCUT2D eigenvalue weighted by Gasteiger charge is -2.30. The molecule has 51 heavy (non-hydrogen) atoms. The van der Waals surface area contributed by atoms with Crippen LogP contribution in [-0.2, 0) is 19.1 Å². The van der Waals surface area contributed by atoms with Gasteiger partial charge in [-0.25, -0.2) is 4.79 Å². The molecule has 12 nitrogen and oxygen atoms in total. The van der Waals surface area contributed by atoms with Crippen molar-refractivity contribution in [2.24, 2.45) is 22.7 Å². The Morgan fingerprint density at radius 3 is 2.25 bits per heavy atom. The van der Waals surface area contributed by atoms with Crippen molar-refractivity contribution in [1.82, 2.24) is 25.3 Å². The Labute approximate surface area is 299 Å². The van der Waals surface area contributed by atoms with Crippen LogP contribution in [0.4, 0.5) is 10.6 Å². The largest absolute Gasteiger partial charge is 0.453 e. The van der Waals surface area contributed by atoms with Crippen molar-refractivity contribution in [2.75, 3.05) is 25.5 Å². The molecule has 2 aromatic carbocycles. The van der Waals surface area contributed by atoms with Gasteiger partial charge >= 0.3 is 6.09 Å². The van der Waals surface area contributed by atoms with Crippen molar-refractivity contribution in [3.63, 3.8) is 0 Å². The van der Waals surface area contributed by atoms with Gasteiger partial charge in [0.15, 0.2) is 5.82 Å². The number of H-pyrrole nitrogens is 1. The van der Waals surface area contributed by atoms with E-state index in [1.54, 1.807) is 4.90 Å². The number of amides is 4. The first-order chi connectivity index (χ1) is 24.5. The van der Waals surface area contributed by atoms with Crippen LogP contribution < -0.4 is 10.6 Å². The van der Waals surface area contributed by atoms with Crippen LogP contribution in [0.3, 0.4) is 0 Å². The van der Waals surface area contributed by atoms with Crippen LogP contribution >= 0.6 is 0 Å². The molecule has 0 saturated carbocycles. The maximum Gasteiger partial charge on any atom is 0.407 e. The Balaban J connectivity index is 1.12. The number of likely N-dealkylation sites (tertiary alicyclic amines) is 2. The average molecular weight is 696 g/mol. The molecular weight excluding hydrogens is 646 g/mol. The Morgan fingerprint density at radius 1 is 0.863 bits per heavy atom. The van der Waals surface area contributed by atoms with Gasteiger partial charge in [-0.05, 0) is 71.9 Å². The van der Waals surface area contributed by atoms with Crippen LogP contribution in [0, 0.1) is 17.8 Å². The molecule has 0 aliphatic carbocycles. The Hall–Kier alpha value is -5.00. The van der Waals surface area contributed by atoms with Gasteiger partial charge in [0.25, 0.3) is 0 Å². The molecule has 2 saturated heterocycles. The molecule has 3 aliphatic rings. The number of allylic oxidation sites excluding steroid dienone is 1. The molecule has 3 aliphatic heterocycles. The van der Waals surface area contributed by atoms with Crippen LogP contribution in [-0.4, -0.2) is 87.8 Å². The number of rotatable bonds is 10. The Morgan fingerprint density at radius 2 is 1.55 bits per heavy atom. The number of carbonyl (C=O) groups is 4. The summed E-state index contributed by atoms with van der Waals surface area (Å²) in [4.78, 5) is 60.5. The number of hydrogen-bond acceptors (Lipinski definition) is 7. The van der Waals surface area contributed by atoms with Crippen molar-refractivity contribution in [3.8, 4) is 11.1 Å². The van der Waals surface area contributed by atoms with Crippen LogP contribution in [0.1, 0.15) is 72.3 Å². The van der Waals surface area contributed by atoms with Crippen LogP contribution in [0.15, 0.2) is 53.7 Å². The summed E-state index contributed by atoms with van der Waals surface area (Å²) in [5, 5.41) is 13.7. The van der Waals surface area contributed by atoms with Gasteiger partial charge in [-0.2, -0.15) is 5.10 Å². The molecule has 1 aromatic heterocycles. The summed E-state index contributed by atoms with van der Waals surface area (Å²) in [5.74, 6) is 0.0925. The first kappa shape index (κ1) is 35.8. The highest BCUT2D eigenvalue weighted by Crippen LogP contribution is 2.33. The van der Waals surface area contributed by atoms with E-state index < -0.39 is 18.2 Å². The number of benzene rings is 2. The minimum absolute atomic E-state index is 0.00428. The van der Waals surface area contributed by atoms with Crippen molar-refractivity contribution in [2.45, 2.75) is 84.8 Å². The molecule has 270 valence electrons. The number of carbonyl (C=O) groups excluding carboxylic acids is 4. The monoisotopic (exact) mass is 695 g/mol. The number of alkyl carbamates (subject to hydrolysis) is 1. The number of fused-ring (bicyclic) bond motifs is 1. The Bertz CT molecular complexity index is 1860. The van der Waals surface area contributed by atoms with Crippen molar-refractivity contribution in [1.29, 1.82) is 0 Å². The van der Waals surface area contributed by atoms with Gasteiger partial charge in [0.05, 0.1) is 18.7 Å². The number of anilines is 1. The number of aromatic nitrogens is 2. The highest BCUT2D eigenvalue weighted by Gasteiger charge is 2.39. The van der Waals surface area contributed by atoms with Gasteiger partial charge < -0.3 is 25.2 Å². The molecule has 0 unspecified atom stereocenters. The molecule has 6 rings (SSSR count). The summed E-state index contributed by atoms with van der Waals surface area (Å²) in [5.41, 5.74) is 6.06. The molecule has 0 spiro atoms. The lowest BCUT2D eigenvalue weighted by molar-refractivity contribution is -0.139. The minimum Gasteiger partial charge on any atom is -0.453 e. The highest BCUT2D eigenvalue weighted by atomic mass is 16.5. The van der Waals surface area contributed by atoms with Gasteiger partial charge in [0.2, 0.25) is 17.7 Å². The van der Waals surface area contributed by atoms with E-state index in [-0.39, 0.29) is 35.6 Å². The maximum absolute atomic E-state index is 13.6. The second-order valence-electron chi connectivity index (χ2n) is 14.6. The molecule has 12 heteroatoms. The zero-order chi connectivity index (χ0) is 36.4. The number of nitrogens with one attached hydrogen (secondary N) is 3. The summed E-state index contributed by atoms with van der Waals surface area (Å²) in [6.07, 6.45) is 5.14. The molecule has 3 aromatic rings. The predicted molar refractivity (Wildman–Crippen MR) is 198 cm³/mol. The highest BCUT2D eigenvalue weighted by molar-refractivity contribution is 6.05. The van der Waals surface area contributed by atoms with E-state index in [1.165, 1.54) is 7.11 Å². The second kappa shape index (κ2) is 15.1. The lowest BCUT2D eigenvalue weighted by atomic mass is 9.94. The molecule has 4 heterocycles. The minimum atomic E-state index is -0.808. The molecule has 2 fully saturated rings. The predicted octanol–water partition coefficient (Wildman–Crippen LogP) is 6.01. The van der Waals surface area contributed by atoms with E-state index in [1.807, 2.05) is 50.1 Å². The van der Waals surface area contributed by atoms with Crippen molar-refractivity contribution < 1.29 is 23.9 Å². The van der Waals surface area contributed by atoms with Crippen molar-refractivity contribution >= 4 is 51.8 Å². The molecule has 3 N–H and O–H groups in total. The second-order valence-corrected chi connectivity index (χ2v) is 14.6. The van der Waals surface area contributed by atoms with Crippen LogP contribution in [0.5, 0.6) is 0 Å². The number of ether oxygens (including phenoxy) is 1. The molecule has 4 amide bonds. The van der Waals surface area contributed by atoms with E-state index >= 15 is 0 Å². The summed E-state index contributed by atoms with van der Waals surface area (Å²) >= 11 is 0. The first-order valence-corrected chi connectivity index (χ1v) is 18.1. The van der Waals surface area contributed by atoms with E-state index in [2.05, 4.69) is 58.9 Å². The fourth-order valence-electron chi connectivity index (χ4n) is 7.30. The fourth-order valence-corrected chi connectivity index (χ4v) is 7.30. The van der Waals surface area contributed by atoms with E-state index in [4.69, 9.17) is 9.73 Å². The average Bonchev–Trinajstić information content (AvgIpc) is 3.96. The van der Waals surface area contributed by atoms with E-state index in [9.17, 15) is 19.2 Å². The summed E-state index contributed by atoms with van der Waals surface area (Å²) in [6, 6.07) is 12.9. The van der Waals surface area contributed by atoms with Crippen LogP contribution in [0.25, 0.3) is 27.6 Å². The number of aliphatic imine (C=N–C) groups is 1. The number of hydrogen-bond donors (Lipinski definition) is 3. The van der Waals surface area contributed by atoms with Gasteiger partial charge in [0, 0.05) is 42.7 Å². The van der Waals surface area contributed by atoms with Gasteiger partial charge in [-0.3, -0.25) is 24.5 Å². The standard InChI is InChI=1S/C39H49N7O5/c1-22(2)24(5)37(48)45-17-7-9-32(45)31-20-28(21-40-31)26-13-11-25(12-14-26)27-15-16-30-29(19-27)35(44-43-30)42-36(47)33-10-8-18-46(33)38(49)34(23(3)4)41-39(50)51-6/h11-16,19,21-24,32-34H,7-10,17-18,20H2,1-6H3,(H,41,50)(H2,42,43,44,47)/t24-,32-,33-,34-/m0/s1. The SMILES string of the molecule is COC(=O)N[C@H](C(=O)N1CCC[C@H]1C(=O)Nc1n[nH]c2ccc(-c3ccc(C4=CN=C([C@@H]5CCCN5C(=O)[C@@H](C)C(C)C)C4)cc3)cc12)C(C)C. The lowest BCUT2D eigenvalue weighted by Crippen LogP contribution is -2.54. The molecular formula is C39H49N7O5. The molecule has 0 bridgehead atoms. The molecule has 0 radical (unpaired) electrons. The normalized spacial score (nSPS) is 20.1. The fraction of sp³-hybridized carbons (Fsp3) is 0.487. The summed E-state index contributed by atoms with van der Waals surface area (Å²) < 4.78 is 4.71. The number of methoxy groups -OCH3 is 1. The number of nitrogens with zero attached hydrogens (tertiary/aromatic N) is 4. The van der Waals surface area contributed by atoms with E-state index in [0.717, 1.165) is 64.7 Å².